The number of esters is 1. The van der Waals surface area contributed by atoms with Gasteiger partial charge >= 0.3 is 5.97 Å². The fourth-order valence-corrected chi connectivity index (χ4v) is 2.15. The Balaban J connectivity index is 2.15. The lowest BCUT2D eigenvalue weighted by Gasteiger charge is -2.16. The normalized spacial score (nSPS) is 16.3. The van der Waals surface area contributed by atoms with Crippen LogP contribution in [0.2, 0.25) is 0 Å². The van der Waals surface area contributed by atoms with Crippen molar-refractivity contribution in [1.82, 2.24) is 4.90 Å². The van der Waals surface area contributed by atoms with Gasteiger partial charge in [-0.1, -0.05) is 18.2 Å². The van der Waals surface area contributed by atoms with Gasteiger partial charge in [-0.3, -0.25) is 4.90 Å². The topological polar surface area (TPSA) is 29.5 Å². The summed E-state index contributed by atoms with van der Waals surface area (Å²) in [7, 11) is 1.43. The first-order valence-electron chi connectivity index (χ1n) is 5.70. The number of carbonyl (C=O) groups excluding carboxylic acids is 1. The molecule has 0 radical (unpaired) electrons. The van der Waals surface area contributed by atoms with Crippen molar-refractivity contribution in [2.24, 2.45) is 0 Å². The summed E-state index contributed by atoms with van der Waals surface area (Å²) in [6.07, 6.45) is 2.53. The molecule has 1 aromatic rings. The van der Waals surface area contributed by atoms with Crippen LogP contribution in [0.5, 0.6) is 0 Å². The summed E-state index contributed by atoms with van der Waals surface area (Å²) in [5.41, 5.74) is 1.76. The van der Waals surface area contributed by atoms with Gasteiger partial charge in [-0.25, -0.2) is 4.79 Å². The molecule has 0 bridgehead atoms. The number of likely N-dealkylation sites (tertiary alicyclic amines) is 1. The maximum Gasteiger partial charge on any atom is 0.338 e. The number of carbonyl (C=O) groups is 1. The molecule has 0 atom stereocenters. The van der Waals surface area contributed by atoms with Gasteiger partial charge in [0.05, 0.1) is 12.7 Å². The third-order valence-corrected chi connectivity index (χ3v) is 3.02. The van der Waals surface area contributed by atoms with Crippen molar-refractivity contribution in [3.05, 3.63) is 35.4 Å². The van der Waals surface area contributed by atoms with E-state index in [1.165, 1.54) is 20.0 Å². The highest BCUT2D eigenvalue weighted by atomic mass is 16.5. The van der Waals surface area contributed by atoms with Gasteiger partial charge in [0.1, 0.15) is 0 Å². The Labute approximate surface area is 96.0 Å². The fourth-order valence-electron chi connectivity index (χ4n) is 2.15. The van der Waals surface area contributed by atoms with Crippen LogP contribution in [0, 0.1) is 0 Å². The molecule has 1 saturated heterocycles. The van der Waals surface area contributed by atoms with Crippen LogP contribution < -0.4 is 0 Å². The molecule has 86 valence electrons. The Morgan fingerprint density at radius 3 is 2.69 bits per heavy atom. The Hall–Kier alpha value is -1.35. The minimum atomic E-state index is -0.241. The van der Waals surface area contributed by atoms with Gasteiger partial charge in [-0.2, -0.15) is 0 Å². The predicted molar refractivity (Wildman–Crippen MR) is 62.3 cm³/mol. The average molecular weight is 219 g/mol. The molecule has 0 N–H and O–H groups in total. The first kappa shape index (κ1) is 11.1. The van der Waals surface area contributed by atoms with E-state index in [0.717, 1.165) is 25.2 Å². The van der Waals surface area contributed by atoms with Crippen LogP contribution in [0.1, 0.15) is 28.8 Å². The molecule has 1 aromatic carbocycles. The zero-order valence-electron chi connectivity index (χ0n) is 9.61. The van der Waals surface area contributed by atoms with Crippen LogP contribution in [-0.2, 0) is 11.3 Å². The monoisotopic (exact) mass is 219 g/mol. The second kappa shape index (κ2) is 5.12. The van der Waals surface area contributed by atoms with Crippen LogP contribution in [0.25, 0.3) is 0 Å². The summed E-state index contributed by atoms with van der Waals surface area (Å²) in [6.45, 7) is 3.12. The first-order chi connectivity index (χ1) is 7.81. The van der Waals surface area contributed by atoms with E-state index in [1.54, 1.807) is 0 Å². The molecule has 3 nitrogen and oxygen atoms in total. The SMILES string of the molecule is COC(=O)c1ccccc1CN1CCCC1. The van der Waals surface area contributed by atoms with E-state index >= 15 is 0 Å². The molecule has 0 unspecified atom stereocenters. The molecule has 1 heterocycles. The second-order valence-electron chi connectivity index (χ2n) is 4.13. The van der Waals surface area contributed by atoms with Gasteiger partial charge in [0, 0.05) is 6.54 Å². The lowest BCUT2D eigenvalue weighted by atomic mass is 10.1. The second-order valence-corrected chi connectivity index (χ2v) is 4.13. The summed E-state index contributed by atoms with van der Waals surface area (Å²) in [4.78, 5) is 13.9. The van der Waals surface area contributed by atoms with E-state index in [2.05, 4.69) is 4.90 Å². The smallest absolute Gasteiger partial charge is 0.338 e. The summed E-state index contributed by atoms with van der Waals surface area (Å²) < 4.78 is 4.78. The van der Waals surface area contributed by atoms with Crippen LogP contribution in [0.15, 0.2) is 24.3 Å². The lowest BCUT2D eigenvalue weighted by Crippen LogP contribution is -2.20. The van der Waals surface area contributed by atoms with Crippen molar-refractivity contribution >= 4 is 5.97 Å². The molecule has 0 aromatic heterocycles. The number of nitrogens with zero attached hydrogens (tertiary/aromatic N) is 1. The standard InChI is InChI=1S/C13H17NO2/c1-16-13(15)12-7-3-2-6-11(12)10-14-8-4-5-9-14/h2-3,6-7H,4-5,8-10H2,1H3. The van der Waals surface area contributed by atoms with Crippen LogP contribution in [0.4, 0.5) is 0 Å². The van der Waals surface area contributed by atoms with Gasteiger partial charge in [0.15, 0.2) is 0 Å². The summed E-state index contributed by atoms with van der Waals surface area (Å²) in [5.74, 6) is -0.241. The number of methoxy groups -OCH3 is 1. The summed E-state index contributed by atoms with van der Waals surface area (Å²) in [6, 6.07) is 7.68. The predicted octanol–water partition coefficient (Wildman–Crippen LogP) is 2.07. The molecule has 1 fully saturated rings. The quantitative estimate of drug-likeness (QED) is 0.729. The largest absolute Gasteiger partial charge is 0.465 e. The molecule has 1 aliphatic heterocycles. The minimum Gasteiger partial charge on any atom is -0.465 e. The van der Waals surface area contributed by atoms with Crippen molar-refractivity contribution in [2.75, 3.05) is 20.2 Å². The van der Waals surface area contributed by atoms with Gasteiger partial charge in [0.2, 0.25) is 0 Å². The maximum absolute atomic E-state index is 11.6. The van der Waals surface area contributed by atoms with E-state index in [9.17, 15) is 4.79 Å². The van der Waals surface area contributed by atoms with E-state index in [-0.39, 0.29) is 5.97 Å². The third kappa shape index (κ3) is 2.42. The molecule has 0 amide bonds. The Morgan fingerprint density at radius 2 is 2.00 bits per heavy atom. The molecule has 0 saturated carbocycles. The molecule has 0 spiro atoms. The average Bonchev–Trinajstić information content (AvgIpc) is 2.82. The highest BCUT2D eigenvalue weighted by molar-refractivity contribution is 5.90. The van der Waals surface area contributed by atoms with E-state index in [0.29, 0.717) is 5.56 Å². The van der Waals surface area contributed by atoms with Gasteiger partial charge in [0.25, 0.3) is 0 Å². The zero-order valence-corrected chi connectivity index (χ0v) is 9.61. The number of hydrogen-bond donors (Lipinski definition) is 0. The van der Waals surface area contributed by atoms with Crippen molar-refractivity contribution in [2.45, 2.75) is 19.4 Å². The molecule has 16 heavy (non-hydrogen) atoms. The summed E-state index contributed by atoms with van der Waals surface area (Å²) in [5, 5.41) is 0. The third-order valence-electron chi connectivity index (χ3n) is 3.02. The zero-order chi connectivity index (χ0) is 11.4. The van der Waals surface area contributed by atoms with Gasteiger partial charge < -0.3 is 4.74 Å². The molecular weight excluding hydrogens is 202 g/mol. The first-order valence-corrected chi connectivity index (χ1v) is 5.70. The Bertz CT molecular complexity index is 370. The number of hydrogen-bond acceptors (Lipinski definition) is 3. The molecule has 1 aliphatic rings. The van der Waals surface area contributed by atoms with Gasteiger partial charge in [-0.05, 0) is 37.6 Å². The molecule has 0 aliphatic carbocycles. The number of benzene rings is 1. The van der Waals surface area contributed by atoms with Crippen molar-refractivity contribution in [1.29, 1.82) is 0 Å². The minimum absolute atomic E-state index is 0.241. The van der Waals surface area contributed by atoms with Gasteiger partial charge in [-0.15, -0.1) is 0 Å². The van der Waals surface area contributed by atoms with Crippen molar-refractivity contribution in [3.63, 3.8) is 0 Å². The fraction of sp³-hybridized carbons (Fsp3) is 0.462. The summed E-state index contributed by atoms with van der Waals surface area (Å²) >= 11 is 0. The van der Waals surface area contributed by atoms with Crippen LogP contribution >= 0.6 is 0 Å². The highest BCUT2D eigenvalue weighted by Crippen LogP contribution is 2.16. The van der Waals surface area contributed by atoms with E-state index < -0.39 is 0 Å². The van der Waals surface area contributed by atoms with Crippen LogP contribution in [-0.4, -0.2) is 31.1 Å². The van der Waals surface area contributed by atoms with Crippen molar-refractivity contribution < 1.29 is 9.53 Å². The molecule has 2 rings (SSSR count). The van der Waals surface area contributed by atoms with E-state index in [1.807, 2.05) is 24.3 Å². The van der Waals surface area contributed by atoms with Crippen LogP contribution in [0.3, 0.4) is 0 Å². The molecule has 3 heteroatoms. The lowest BCUT2D eigenvalue weighted by molar-refractivity contribution is 0.0598. The Morgan fingerprint density at radius 1 is 1.31 bits per heavy atom. The van der Waals surface area contributed by atoms with E-state index in [4.69, 9.17) is 4.74 Å². The number of rotatable bonds is 3. The highest BCUT2D eigenvalue weighted by Gasteiger charge is 2.16. The van der Waals surface area contributed by atoms with Crippen molar-refractivity contribution in [3.8, 4) is 0 Å². The Kier molecular flexibility index (Phi) is 3.57. The molecular formula is C13H17NO2. The number of ether oxygens (including phenoxy) is 1. The maximum atomic E-state index is 11.6.